The molecule has 0 aromatic carbocycles. The van der Waals surface area contributed by atoms with E-state index in [0.717, 1.165) is 0 Å². The van der Waals surface area contributed by atoms with Crippen molar-refractivity contribution in [2.24, 2.45) is 0 Å². The zero-order valence-electron chi connectivity index (χ0n) is 8.64. The molecule has 13 heavy (non-hydrogen) atoms. The Morgan fingerprint density at radius 1 is 1.38 bits per heavy atom. The molecule has 2 nitrogen and oxygen atoms in total. The van der Waals surface area contributed by atoms with Gasteiger partial charge in [-0.1, -0.05) is 0 Å². The van der Waals surface area contributed by atoms with Gasteiger partial charge in [0.15, 0.2) is 11.5 Å². The Hall–Kier alpha value is -0.440. The molecule has 0 spiro atoms. The molecule has 0 aromatic heterocycles. The van der Waals surface area contributed by atoms with Crippen LogP contribution in [-0.4, -0.2) is 35.5 Å². The van der Waals surface area contributed by atoms with E-state index in [1.54, 1.807) is 0 Å². The van der Waals surface area contributed by atoms with Crippen LogP contribution in [0.2, 0.25) is 0 Å². The van der Waals surface area contributed by atoms with Gasteiger partial charge in [0.2, 0.25) is 0 Å². The van der Waals surface area contributed by atoms with E-state index < -0.39 is 5.67 Å². The number of ketones is 1. The van der Waals surface area contributed by atoms with Crippen molar-refractivity contribution in [3.05, 3.63) is 0 Å². The second kappa shape index (κ2) is 3.74. The molecule has 0 N–H and O–H groups in total. The van der Waals surface area contributed by atoms with Crippen molar-refractivity contribution in [1.82, 2.24) is 4.90 Å². The number of piperidine rings is 1. The van der Waals surface area contributed by atoms with Gasteiger partial charge < -0.3 is 4.90 Å². The average Bonchev–Trinajstić information content (AvgIpc) is 2.04. The predicted octanol–water partition coefficient (Wildman–Crippen LogP) is 1.79. The molecule has 1 fully saturated rings. The van der Waals surface area contributed by atoms with Crippen molar-refractivity contribution in [1.29, 1.82) is 0 Å². The van der Waals surface area contributed by atoms with Gasteiger partial charge in [-0.15, -0.1) is 0 Å². The Bertz CT molecular complexity index is 195. The van der Waals surface area contributed by atoms with Crippen LogP contribution in [-0.2, 0) is 4.79 Å². The van der Waals surface area contributed by atoms with Crippen molar-refractivity contribution >= 4 is 5.78 Å². The standard InChI is InChI=1S/C10H18FNO/c1-8(2)12-6-4-10(11,5-7-12)9(3)13/h8H,4-7H2,1-3H3. The molecule has 0 radical (unpaired) electrons. The molecule has 1 rings (SSSR count). The Labute approximate surface area is 79.1 Å². The number of hydrogen-bond donors (Lipinski definition) is 0. The third-order valence-corrected chi connectivity index (χ3v) is 2.95. The Balaban J connectivity index is 2.51. The summed E-state index contributed by atoms with van der Waals surface area (Å²) in [5.74, 6) is -0.309. The molecular weight excluding hydrogens is 169 g/mol. The summed E-state index contributed by atoms with van der Waals surface area (Å²) >= 11 is 0. The van der Waals surface area contributed by atoms with Crippen LogP contribution >= 0.6 is 0 Å². The highest BCUT2D eigenvalue weighted by molar-refractivity contribution is 5.84. The minimum Gasteiger partial charge on any atom is -0.301 e. The van der Waals surface area contributed by atoms with E-state index >= 15 is 0 Å². The Morgan fingerprint density at radius 3 is 2.15 bits per heavy atom. The van der Waals surface area contributed by atoms with Crippen LogP contribution in [0.25, 0.3) is 0 Å². The molecule has 1 heterocycles. The van der Waals surface area contributed by atoms with Gasteiger partial charge in [0.05, 0.1) is 0 Å². The summed E-state index contributed by atoms with van der Waals surface area (Å²) in [7, 11) is 0. The van der Waals surface area contributed by atoms with Gasteiger partial charge in [-0.3, -0.25) is 4.79 Å². The van der Waals surface area contributed by atoms with Crippen LogP contribution in [0.3, 0.4) is 0 Å². The van der Waals surface area contributed by atoms with Crippen LogP contribution in [0.5, 0.6) is 0 Å². The Morgan fingerprint density at radius 2 is 1.85 bits per heavy atom. The van der Waals surface area contributed by atoms with Gasteiger partial charge in [-0.05, 0) is 20.8 Å². The molecular formula is C10H18FNO. The minimum absolute atomic E-state index is 0.309. The molecule has 76 valence electrons. The number of hydrogen-bond acceptors (Lipinski definition) is 2. The summed E-state index contributed by atoms with van der Waals surface area (Å²) in [5.41, 5.74) is -1.54. The number of alkyl halides is 1. The molecule has 0 aliphatic carbocycles. The lowest BCUT2D eigenvalue weighted by molar-refractivity contribution is -0.131. The predicted molar refractivity (Wildman–Crippen MR) is 50.5 cm³/mol. The van der Waals surface area contributed by atoms with Crippen LogP contribution in [0.1, 0.15) is 33.6 Å². The third kappa shape index (κ3) is 2.27. The van der Waals surface area contributed by atoms with E-state index in [1.807, 2.05) is 0 Å². The summed E-state index contributed by atoms with van der Waals surface area (Å²) in [5, 5.41) is 0. The summed E-state index contributed by atoms with van der Waals surface area (Å²) in [4.78, 5) is 13.2. The number of carbonyl (C=O) groups is 1. The maximum absolute atomic E-state index is 13.8. The summed E-state index contributed by atoms with van der Waals surface area (Å²) in [6, 6.07) is 0.455. The fourth-order valence-corrected chi connectivity index (χ4v) is 1.75. The third-order valence-electron chi connectivity index (χ3n) is 2.95. The smallest absolute Gasteiger partial charge is 0.170 e. The lowest BCUT2D eigenvalue weighted by Gasteiger charge is -2.36. The SMILES string of the molecule is CC(=O)C1(F)CCN(C(C)C)CC1. The van der Waals surface area contributed by atoms with Gasteiger partial charge in [-0.25, -0.2) is 4.39 Å². The number of likely N-dealkylation sites (tertiary alicyclic amines) is 1. The molecule has 1 saturated heterocycles. The van der Waals surface area contributed by atoms with E-state index in [9.17, 15) is 9.18 Å². The largest absolute Gasteiger partial charge is 0.301 e. The van der Waals surface area contributed by atoms with Crippen LogP contribution in [0, 0.1) is 0 Å². The fraction of sp³-hybridized carbons (Fsp3) is 0.900. The maximum Gasteiger partial charge on any atom is 0.170 e. The quantitative estimate of drug-likeness (QED) is 0.657. The first kappa shape index (κ1) is 10.6. The number of carbonyl (C=O) groups excluding carboxylic acids is 1. The van der Waals surface area contributed by atoms with E-state index in [2.05, 4.69) is 18.7 Å². The zero-order chi connectivity index (χ0) is 10.1. The van der Waals surface area contributed by atoms with Crippen LogP contribution < -0.4 is 0 Å². The molecule has 0 saturated carbocycles. The number of Topliss-reactive ketones (excluding diaryl/α,β-unsaturated/α-hetero) is 1. The van der Waals surface area contributed by atoms with E-state index in [0.29, 0.717) is 32.0 Å². The highest BCUT2D eigenvalue weighted by atomic mass is 19.1. The van der Waals surface area contributed by atoms with Gasteiger partial charge >= 0.3 is 0 Å². The first-order valence-corrected chi connectivity index (χ1v) is 4.90. The normalized spacial score (nSPS) is 23.5. The van der Waals surface area contributed by atoms with Crippen molar-refractivity contribution in [3.8, 4) is 0 Å². The Kier molecular flexibility index (Phi) is 3.06. The van der Waals surface area contributed by atoms with Gasteiger partial charge in [0.25, 0.3) is 0 Å². The molecule has 0 bridgehead atoms. The fourth-order valence-electron chi connectivity index (χ4n) is 1.75. The van der Waals surface area contributed by atoms with E-state index in [4.69, 9.17) is 0 Å². The topological polar surface area (TPSA) is 20.3 Å². The number of halogens is 1. The first-order chi connectivity index (χ1) is 5.96. The molecule has 1 aliphatic rings. The average molecular weight is 187 g/mol. The summed E-state index contributed by atoms with van der Waals surface area (Å²) in [6.45, 7) is 6.95. The van der Waals surface area contributed by atoms with Crippen LogP contribution in [0.15, 0.2) is 0 Å². The van der Waals surface area contributed by atoms with E-state index in [-0.39, 0.29) is 5.78 Å². The highest BCUT2D eigenvalue weighted by Crippen LogP contribution is 2.28. The van der Waals surface area contributed by atoms with Gasteiger partial charge in [0.1, 0.15) is 0 Å². The minimum atomic E-state index is -1.54. The maximum atomic E-state index is 13.8. The summed E-state index contributed by atoms with van der Waals surface area (Å²) in [6.07, 6.45) is 0.723. The first-order valence-electron chi connectivity index (χ1n) is 4.90. The lowest BCUT2D eigenvalue weighted by Crippen LogP contribution is -2.47. The van der Waals surface area contributed by atoms with E-state index in [1.165, 1.54) is 6.92 Å². The molecule has 0 atom stereocenters. The molecule has 0 amide bonds. The molecule has 1 aliphatic heterocycles. The van der Waals surface area contributed by atoms with Gasteiger partial charge in [-0.2, -0.15) is 0 Å². The molecule has 3 heteroatoms. The molecule has 0 aromatic rings. The number of rotatable bonds is 2. The second-order valence-corrected chi connectivity index (χ2v) is 4.15. The van der Waals surface area contributed by atoms with Crippen molar-refractivity contribution in [2.45, 2.75) is 45.3 Å². The lowest BCUT2D eigenvalue weighted by atomic mass is 9.89. The second-order valence-electron chi connectivity index (χ2n) is 4.15. The summed E-state index contributed by atoms with van der Waals surface area (Å²) < 4.78 is 13.8. The van der Waals surface area contributed by atoms with Crippen molar-refractivity contribution in [3.63, 3.8) is 0 Å². The number of nitrogens with zero attached hydrogens (tertiary/aromatic N) is 1. The van der Waals surface area contributed by atoms with Crippen molar-refractivity contribution < 1.29 is 9.18 Å². The molecule has 0 unspecified atom stereocenters. The van der Waals surface area contributed by atoms with Crippen LogP contribution in [0.4, 0.5) is 4.39 Å². The zero-order valence-corrected chi connectivity index (χ0v) is 8.64. The van der Waals surface area contributed by atoms with Gasteiger partial charge in [0, 0.05) is 32.0 Å². The monoisotopic (exact) mass is 187 g/mol. The highest BCUT2D eigenvalue weighted by Gasteiger charge is 2.39. The van der Waals surface area contributed by atoms with Crippen molar-refractivity contribution in [2.75, 3.05) is 13.1 Å².